The number of carbonyl (C=O) groups is 1. The molecule has 18 heavy (non-hydrogen) atoms. The van der Waals surface area contributed by atoms with Crippen molar-refractivity contribution < 1.29 is 4.79 Å². The lowest BCUT2D eigenvalue weighted by Crippen LogP contribution is -2.18. The molecule has 1 nitrogen and oxygen atoms in total. The molecule has 0 radical (unpaired) electrons. The molecule has 0 saturated heterocycles. The van der Waals surface area contributed by atoms with E-state index in [1.54, 1.807) is 12.1 Å². The van der Waals surface area contributed by atoms with Crippen molar-refractivity contribution in [3.8, 4) is 0 Å². The van der Waals surface area contributed by atoms with Crippen molar-refractivity contribution in [1.29, 1.82) is 0 Å². The summed E-state index contributed by atoms with van der Waals surface area (Å²) in [5, 5.41) is -1.34. The maximum atomic E-state index is 12.1. The SMILES string of the molecule is O=C(c1ccc(Cl)s1)[C@H](Cl)[C@H](Cl)c1ccc(Br)s1. The third-order valence-corrected chi connectivity index (χ3v) is 6.34. The van der Waals surface area contributed by atoms with E-state index in [4.69, 9.17) is 34.8 Å². The third kappa shape index (κ3) is 3.30. The Morgan fingerprint density at radius 2 is 1.89 bits per heavy atom. The minimum atomic E-state index is -0.799. The van der Waals surface area contributed by atoms with Crippen LogP contribution in [0.15, 0.2) is 28.1 Å². The van der Waals surface area contributed by atoms with Gasteiger partial charge >= 0.3 is 0 Å². The standard InChI is InChI=1S/C11H6BrCl3OS2/c12-7-3-1-5(17-7)9(14)10(15)11(16)6-2-4-8(13)18-6/h1-4,9-10H/t9-,10-/m1/s1. The maximum Gasteiger partial charge on any atom is 0.192 e. The summed E-state index contributed by atoms with van der Waals surface area (Å²) >= 11 is 24.2. The van der Waals surface area contributed by atoms with Gasteiger partial charge in [0.1, 0.15) is 5.38 Å². The normalized spacial score (nSPS) is 14.4. The van der Waals surface area contributed by atoms with Crippen LogP contribution < -0.4 is 0 Å². The molecule has 2 aromatic rings. The number of thiophene rings is 2. The smallest absolute Gasteiger partial charge is 0.192 e. The molecule has 2 rings (SSSR count). The summed E-state index contributed by atoms with van der Waals surface area (Å²) in [5.74, 6) is -0.196. The molecule has 0 aliphatic rings. The average molecular weight is 405 g/mol. The molecule has 0 saturated carbocycles. The van der Waals surface area contributed by atoms with Gasteiger partial charge in [0.2, 0.25) is 0 Å². The first kappa shape index (κ1) is 14.8. The minimum absolute atomic E-state index is 0.196. The van der Waals surface area contributed by atoms with E-state index in [9.17, 15) is 4.79 Å². The molecule has 2 aromatic heterocycles. The van der Waals surface area contributed by atoms with E-state index in [0.717, 1.165) is 8.66 Å². The van der Waals surface area contributed by atoms with E-state index >= 15 is 0 Å². The van der Waals surface area contributed by atoms with Gasteiger partial charge in [-0.15, -0.1) is 45.9 Å². The Morgan fingerprint density at radius 1 is 1.17 bits per heavy atom. The van der Waals surface area contributed by atoms with E-state index in [2.05, 4.69) is 15.9 Å². The van der Waals surface area contributed by atoms with Crippen molar-refractivity contribution in [3.05, 3.63) is 42.1 Å². The molecular formula is C11H6BrCl3OS2. The molecule has 0 spiro atoms. The third-order valence-electron chi connectivity index (χ3n) is 2.19. The second kappa shape index (κ2) is 6.25. The Morgan fingerprint density at radius 3 is 2.39 bits per heavy atom. The second-order valence-electron chi connectivity index (χ2n) is 3.41. The molecule has 0 bridgehead atoms. The van der Waals surface area contributed by atoms with E-state index in [0.29, 0.717) is 9.21 Å². The van der Waals surface area contributed by atoms with Crippen LogP contribution in [0.5, 0.6) is 0 Å². The summed E-state index contributed by atoms with van der Waals surface area (Å²) in [6.07, 6.45) is 0. The number of alkyl halides is 2. The molecule has 7 heteroatoms. The Labute approximate surface area is 136 Å². The maximum absolute atomic E-state index is 12.1. The fourth-order valence-corrected chi connectivity index (χ4v) is 4.51. The topological polar surface area (TPSA) is 17.1 Å². The van der Waals surface area contributed by atoms with Gasteiger partial charge in [-0.25, -0.2) is 0 Å². The molecule has 0 fully saturated rings. The van der Waals surface area contributed by atoms with Crippen molar-refractivity contribution in [2.24, 2.45) is 0 Å². The first-order valence-corrected chi connectivity index (χ1v) is 8.49. The Kier molecular flexibility index (Phi) is 5.14. The second-order valence-corrected chi connectivity index (χ2v) is 8.56. The summed E-state index contributed by atoms with van der Waals surface area (Å²) in [6.45, 7) is 0. The van der Waals surface area contributed by atoms with E-state index < -0.39 is 10.8 Å². The lowest BCUT2D eigenvalue weighted by molar-refractivity contribution is 0.0989. The summed E-state index contributed by atoms with van der Waals surface area (Å²) in [6, 6.07) is 7.08. The molecule has 0 unspecified atom stereocenters. The number of Topliss-reactive ketones (excluding diaryl/α,β-unsaturated/α-hetero) is 1. The van der Waals surface area contributed by atoms with Gasteiger partial charge in [0.05, 0.1) is 18.4 Å². The first-order valence-electron chi connectivity index (χ1n) is 4.82. The fourth-order valence-electron chi connectivity index (χ4n) is 1.34. The lowest BCUT2D eigenvalue weighted by Gasteiger charge is -2.12. The largest absolute Gasteiger partial charge is 0.292 e. The van der Waals surface area contributed by atoms with E-state index in [1.165, 1.54) is 22.7 Å². The van der Waals surface area contributed by atoms with Gasteiger partial charge in [-0.1, -0.05) is 11.6 Å². The van der Waals surface area contributed by atoms with E-state index in [1.807, 2.05) is 12.1 Å². The zero-order valence-electron chi connectivity index (χ0n) is 8.70. The molecule has 0 aromatic carbocycles. The fraction of sp³-hybridized carbons (Fsp3) is 0.182. The minimum Gasteiger partial charge on any atom is -0.292 e. The monoisotopic (exact) mass is 402 g/mol. The van der Waals surface area contributed by atoms with Crippen molar-refractivity contribution in [2.45, 2.75) is 10.8 Å². The summed E-state index contributed by atoms with van der Waals surface area (Å²) in [7, 11) is 0. The van der Waals surface area contributed by atoms with E-state index in [-0.39, 0.29) is 5.78 Å². The number of carbonyl (C=O) groups excluding carboxylic acids is 1. The van der Waals surface area contributed by atoms with Crippen LogP contribution in [0.1, 0.15) is 19.9 Å². The number of halogens is 4. The Bertz CT molecular complexity index is 566. The lowest BCUT2D eigenvalue weighted by atomic mass is 10.1. The van der Waals surface area contributed by atoms with Crippen LogP contribution in [-0.2, 0) is 0 Å². The molecule has 0 N–H and O–H groups in total. The highest BCUT2D eigenvalue weighted by Crippen LogP contribution is 2.37. The highest BCUT2D eigenvalue weighted by Gasteiger charge is 2.28. The molecule has 0 amide bonds. The summed E-state index contributed by atoms with van der Waals surface area (Å²) < 4.78 is 1.52. The molecule has 0 aliphatic heterocycles. The molecule has 2 atom stereocenters. The highest BCUT2D eigenvalue weighted by atomic mass is 79.9. The van der Waals surface area contributed by atoms with Crippen LogP contribution in [0, 0.1) is 0 Å². The van der Waals surface area contributed by atoms with Gasteiger partial charge in [0.25, 0.3) is 0 Å². The van der Waals surface area contributed by atoms with Gasteiger partial charge in [0.15, 0.2) is 5.78 Å². The predicted molar refractivity (Wildman–Crippen MR) is 83.9 cm³/mol. The predicted octanol–water partition coefficient (Wildman–Crippen LogP) is 6.00. The van der Waals surface area contributed by atoms with Crippen molar-refractivity contribution in [3.63, 3.8) is 0 Å². The number of rotatable bonds is 4. The molecular weight excluding hydrogens is 399 g/mol. The Hall–Kier alpha value is 0.420. The zero-order valence-corrected chi connectivity index (χ0v) is 14.2. The summed E-state index contributed by atoms with van der Waals surface area (Å²) in [4.78, 5) is 13.5. The van der Waals surface area contributed by atoms with Gasteiger partial charge in [-0.05, 0) is 40.2 Å². The number of hydrogen-bond acceptors (Lipinski definition) is 3. The summed E-state index contributed by atoms with van der Waals surface area (Å²) in [5.41, 5.74) is 0. The van der Waals surface area contributed by atoms with Gasteiger partial charge < -0.3 is 0 Å². The van der Waals surface area contributed by atoms with Crippen LogP contribution in [0.2, 0.25) is 4.34 Å². The average Bonchev–Trinajstić information content (AvgIpc) is 2.95. The van der Waals surface area contributed by atoms with Crippen molar-refractivity contribution in [1.82, 2.24) is 0 Å². The molecule has 2 heterocycles. The van der Waals surface area contributed by atoms with Crippen molar-refractivity contribution in [2.75, 3.05) is 0 Å². The van der Waals surface area contributed by atoms with Crippen LogP contribution in [0.4, 0.5) is 0 Å². The van der Waals surface area contributed by atoms with Gasteiger partial charge in [0, 0.05) is 4.88 Å². The van der Waals surface area contributed by atoms with Crippen molar-refractivity contribution >= 4 is 79.2 Å². The van der Waals surface area contributed by atoms with Crippen LogP contribution in [0.3, 0.4) is 0 Å². The van der Waals surface area contributed by atoms with Gasteiger partial charge in [-0.2, -0.15) is 0 Å². The highest BCUT2D eigenvalue weighted by molar-refractivity contribution is 9.11. The first-order chi connectivity index (χ1) is 8.49. The molecule has 96 valence electrons. The Balaban J connectivity index is 2.16. The quantitative estimate of drug-likeness (QED) is 0.451. The molecule has 0 aliphatic carbocycles. The van der Waals surface area contributed by atoms with Crippen LogP contribution >= 0.6 is 73.4 Å². The van der Waals surface area contributed by atoms with Gasteiger partial charge in [-0.3, -0.25) is 4.79 Å². The number of ketones is 1. The number of hydrogen-bond donors (Lipinski definition) is 0. The zero-order chi connectivity index (χ0) is 13.3. The van der Waals surface area contributed by atoms with Crippen LogP contribution in [0.25, 0.3) is 0 Å². The van der Waals surface area contributed by atoms with Crippen LogP contribution in [-0.4, -0.2) is 11.2 Å².